The number of amides is 1. The molecule has 1 aromatic carbocycles. The lowest BCUT2D eigenvalue weighted by molar-refractivity contribution is -0.120. The van der Waals surface area contributed by atoms with Gasteiger partial charge >= 0.3 is 0 Å². The highest BCUT2D eigenvalue weighted by Crippen LogP contribution is 2.26. The van der Waals surface area contributed by atoms with E-state index in [1.54, 1.807) is 0 Å². The largest absolute Gasteiger partial charge is 0.378 e. The van der Waals surface area contributed by atoms with Crippen molar-refractivity contribution in [2.24, 2.45) is 0 Å². The molecule has 1 amide bonds. The molecular formula is C21H26N4O2S2. The van der Waals surface area contributed by atoms with E-state index in [0.717, 1.165) is 26.5 Å². The van der Waals surface area contributed by atoms with E-state index in [2.05, 4.69) is 15.3 Å². The zero-order valence-corrected chi connectivity index (χ0v) is 19.0. The number of aryl methyl sites for hydroxylation is 2. The van der Waals surface area contributed by atoms with Crippen molar-refractivity contribution in [1.29, 1.82) is 0 Å². The summed E-state index contributed by atoms with van der Waals surface area (Å²) in [5.41, 5.74) is 3.06. The summed E-state index contributed by atoms with van der Waals surface area (Å²) < 4.78 is 0. The fraction of sp³-hybridized carbons (Fsp3) is 0.381. The molecule has 0 aliphatic heterocycles. The van der Waals surface area contributed by atoms with Crippen LogP contribution in [0.15, 0.2) is 29.1 Å². The number of aromatic amines is 1. The van der Waals surface area contributed by atoms with Gasteiger partial charge in [-0.05, 0) is 44.0 Å². The average molecular weight is 431 g/mol. The van der Waals surface area contributed by atoms with Crippen LogP contribution in [0.2, 0.25) is 0 Å². The van der Waals surface area contributed by atoms with Gasteiger partial charge in [-0.2, -0.15) is 0 Å². The van der Waals surface area contributed by atoms with Crippen molar-refractivity contribution >= 4 is 44.9 Å². The SMILES string of the molecule is Cc1sc2nc(CSC(C)C(=O)NCc3ccc(N(C)C)cc3)[nH]c(=O)c2c1C. The number of H-pyrrole nitrogens is 1. The number of aromatic nitrogens is 2. The fourth-order valence-electron chi connectivity index (χ4n) is 2.89. The molecule has 6 nitrogen and oxygen atoms in total. The summed E-state index contributed by atoms with van der Waals surface area (Å²) in [6.07, 6.45) is 0. The number of hydrogen-bond acceptors (Lipinski definition) is 6. The summed E-state index contributed by atoms with van der Waals surface area (Å²) in [4.78, 5) is 36.1. The van der Waals surface area contributed by atoms with Gasteiger partial charge in [0.05, 0.1) is 16.4 Å². The van der Waals surface area contributed by atoms with Crippen LogP contribution in [0.1, 0.15) is 28.8 Å². The molecule has 0 saturated heterocycles. The number of carbonyl (C=O) groups excluding carboxylic acids is 1. The number of thioether (sulfide) groups is 1. The van der Waals surface area contributed by atoms with Gasteiger partial charge in [0, 0.05) is 31.2 Å². The minimum absolute atomic E-state index is 0.0297. The van der Waals surface area contributed by atoms with Gasteiger partial charge in [-0.25, -0.2) is 4.98 Å². The van der Waals surface area contributed by atoms with Gasteiger partial charge in [0.1, 0.15) is 10.7 Å². The summed E-state index contributed by atoms with van der Waals surface area (Å²) in [5, 5.41) is 3.40. The number of anilines is 1. The van der Waals surface area contributed by atoms with Gasteiger partial charge in [0.2, 0.25) is 5.91 Å². The van der Waals surface area contributed by atoms with Gasteiger partial charge < -0.3 is 15.2 Å². The molecule has 3 aromatic rings. The van der Waals surface area contributed by atoms with E-state index in [0.29, 0.717) is 23.5 Å². The number of fused-ring (bicyclic) bond motifs is 1. The third-order valence-electron chi connectivity index (χ3n) is 4.85. The predicted molar refractivity (Wildman–Crippen MR) is 123 cm³/mol. The molecule has 0 aliphatic rings. The molecule has 0 fully saturated rings. The van der Waals surface area contributed by atoms with E-state index in [1.165, 1.54) is 23.1 Å². The Hall–Kier alpha value is -2.32. The Morgan fingerprint density at radius 3 is 2.62 bits per heavy atom. The second-order valence-electron chi connectivity index (χ2n) is 7.21. The van der Waals surface area contributed by atoms with Crippen LogP contribution < -0.4 is 15.8 Å². The van der Waals surface area contributed by atoms with Crippen molar-refractivity contribution in [3.63, 3.8) is 0 Å². The van der Waals surface area contributed by atoms with Crippen LogP contribution >= 0.6 is 23.1 Å². The third-order valence-corrected chi connectivity index (χ3v) is 7.10. The average Bonchev–Trinajstić information content (AvgIpc) is 2.98. The Bertz CT molecular complexity index is 1070. The van der Waals surface area contributed by atoms with Crippen LogP contribution in [0.5, 0.6) is 0 Å². The van der Waals surface area contributed by atoms with Gasteiger partial charge in [0.15, 0.2) is 0 Å². The first-order valence-electron chi connectivity index (χ1n) is 9.40. The molecule has 29 heavy (non-hydrogen) atoms. The summed E-state index contributed by atoms with van der Waals surface area (Å²) >= 11 is 2.99. The minimum atomic E-state index is -0.246. The first-order valence-corrected chi connectivity index (χ1v) is 11.3. The maximum absolute atomic E-state index is 12.4. The number of carbonyl (C=O) groups is 1. The molecule has 2 aromatic heterocycles. The van der Waals surface area contributed by atoms with Gasteiger partial charge in [-0.3, -0.25) is 9.59 Å². The highest BCUT2D eigenvalue weighted by atomic mass is 32.2. The Kier molecular flexibility index (Phi) is 6.64. The van der Waals surface area contributed by atoms with Crippen molar-refractivity contribution < 1.29 is 4.79 Å². The molecule has 0 saturated carbocycles. The Labute approximate surface area is 178 Å². The molecule has 154 valence electrons. The molecule has 2 N–H and O–H groups in total. The third kappa shape index (κ3) is 5.00. The number of thiophene rings is 1. The van der Waals surface area contributed by atoms with E-state index in [9.17, 15) is 9.59 Å². The Balaban J connectivity index is 1.56. The van der Waals surface area contributed by atoms with Crippen LogP contribution in [-0.2, 0) is 17.1 Å². The number of rotatable bonds is 7. The van der Waals surface area contributed by atoms with E-state index < -0.39 is 0 Å². The molecule has 8 heteroatoms. The van der Waals surface area contributed by atoms with E-state index >= 15 is 0 Å². The first kappa shape index (κ1) is 21.4. The summed E-state index contributed by atoms with van der Waals surface area (Å²) in [6.45, 7) is 6.30. The normalized spacial score (nSPS) is 12.2. The minimum Gasteiger partial charge on any atom is -0.378 e. The second-order valence-corrected chi connectivity index (χ2v) is 9.74. The van der Waals surface area contributed by atoms with Crippen molar-refractivity contribution in [2.45, 2.75) is 38.3 Å². The van der Waals surface area contributed by atoms with Crippen LogP contribution in [0, 0.1) is 13.8 Å². The molecule has 0 spiro atoms. The molecular weight excluding hydrogens is 404 g/mol. The second kappa shape index (κ2) is 9.00. The molecule has 2 heterocycles. The molecule has 0 bridgehead atoms. The number of nitrogens with zero attached hydrogens (tertiary/aromatic N) is 2. The quantitative estimate of drug-likeness (QED) is 0.599. The Morgan fingerprint density at radius 1 is 1.28 bits per heavy atom. The maximum Gasteiger partial charge on any atom is 0.259 e. The zero-order valence-electron chi connectivity index (χ0n) is 17.3. The standard InChI is InChI=1S/C21H26N4O2S2/c1-12-13(2)29-21-18(12)20(27)23-17(24-21)11-28-14(3)19(26)22-10-15-6-8-16(9-7-15)25(4)5/h6-9,14H,10-11H2,1-5H3,(H,22,26)(H,23,24,27). The maximum atomic E-state index is 12.4. The number of hydrogen-bond donors (Lipinski definition) is 2. The molecule has 1 unspecified atom stereocenters. The topological polar surface area (TPSA) is 78.1 Å². The highest BCUT2D eigenvalue weighted by Gasteiger charge is 2.16. The number of benzene rings is 1. The van der Waals surface area contributed by atoms with Crippen LogP contribution in [0.4, 0.5) is 5.69 Å². The number of nitrogens with one attached hydrogen (secondary N) is 2. The first-order chi connectivity index (χ1) is 13.8. The smallest absolute Gasteiger partial charge is 0.259 e. The van der Waals surface area contributed by atoms with E-state index in [1.807, 2.05) is 64.0 Å². The van der Waals surface area contributed by atoms with Gasteiger partial charge in [-0.1, -0.05) is 12.1 Å². The van der Waals surface area contributed by atoms with Crippen molar-refractivity contribution in [2.75, 3.05) is 19.0 Å². The van der Waals surface area contributed by atoms with Gasteiger partial charge in [0.25, 0.3) is 5.56 Å². The lowest BCUT2D eigenvalue weighted by Crippen LogP contribution is -2.30. The molecule has 0 aliphatic carbocycles. The summed E-state index contributed by atoms with van der Waals surface area (Å²) in [5.74, 6) is 1.05. The molecule has 3 rings (SSSR count). The van der Waals surface area contributed by atoms with Crippen molar-refractivity contribution in [1.82, 2.24) is 15.3 Å². The lowest BCUT2D eigenvalue weighted by atomic mass is 10.2. The van der Waals surface area contributed by atoms with Gasteiger partial charge in [-0.15, -0.1) is 23.1 Å². The fourth-order valence-corrected chi connectivity index (χ4v) is 4.72. The zero-order chi connectivity index (χ0) is 21.1. The van der Waals surface area contributed by atoms with Crippen LogP contribution in [0.25, 0.3) is 10.2 Å². The van der Waals surface area contributed by atoms with Crippen molar-refractivity contribution in [3.8, 4) is 0 Å². The van der Waals surface area contributed by atoms with E-state index in [4.69, 9.17) is 0 Å². The summed E-state index contributed by atoms with van der Waals surface area (Å²) in [7, 11) is 3.99. The highest BCUT2D eigenvalue weighted by molar-refractivity contribution is 7.99. The summed E-state index contributed by atoms with van der Waals surface area (Å²) in [6, 6.07) is 8.10. The monoisotopic (exact) mass is 430 g/mol. The Morgan fingerprint density at radius 2 is 1.97 bits per heavy atom. The molecule has 0 radical (unpaired) electrons. The van der Waals surface area contributed by atoms with Crippen molar-refractivity contribution in [3.05, 3.63) is 56.4 Å². The van der Waals surface area contributed by atoms with Crippen LogP contribution in [-0.4, -0.2) is 35.2 Å². The van der Waals surface area contributed by atoms with Crippen LogP contribution in [0.3, 0.4) is 0 Å². The van der Waals surface area contributed by atoms with E-state index in [-0.39, 0.29) is 16.7 Å². The predicted octanol–water partition coefficient (Wildman–Crippen LogP) is 3.61. The molecule has 1 atom stereocenters. The lowest BCUT2D eigenvalue weighted by Gasteiger charge is -2.14.